The van der Waals surface area contributed by atoms with E-state index < -0.39 is 10.0 Å². The summed E-state index contributed by atoms with van der Waals surface area (Å²) in [7, 11) is -3.47. The van der Waals surface area contributed by atoms with E-state index >= 15 is 0 Å². The Balaban J connectivity index is 2.39. The molecule has 1 rings (SSSR count). The molecule has 0 saturated heterocycles. The quantitative estimate of drug-likeness (QED) is 0.770. The highest BCUT2D eigenvalue weighted by atomic mass is 32.2. The Morgan fingerprint density at radius 3 is 2.30 bits per heavy atom. The van der Waals surface area contributed by atoms with Gasteiger partial charge in [-0.3, -0.25) is 4.72 Å². The molecule has 0 bridgehead atoms. The Kier molecular flexibility index (Phi) is 5.38. The zero-order valence-electron chi connectivity index (χ0n) is 11.9. The van der Waals surface area contributed by atoms with Crippen molar-refractivity contribution < 1.29 is 13.2 Å². The van der Waals surface area contributed by atoms with Gasteiger partial charge in [0.2, 0.25) is 10.0 Å². The minimum absolute atomic E-state index is 0.0457. The summed E-state index contributed by atoms with van der Waals surface area (Å²) in [5, 5.41) is 5.20. The second kappa shape index (κ2) is 6.60. The predicted molar refractivity (Wildman–Crippen MR) is 80.1 cm³/mol. The Bertz CT molecular complexity index is 536. The third kappa shape index (κ3) is 6.98. The number of para-hydroxylation sites is 1. The predicted octanol–water partition coefficient (Wildman–Crippen LogP) is 1.53. The van der Waals surface area contributed by atoms with Crippen LogP contribution in [0, 0.1) is 0 Å². The molecule has 0 aliphatic rings. The lowest BCUT2D eigenvalue weighted by Gasteiger charge is -2.20. The zero-order valence-corrected chi connectivity index (χ0v) is 12.8. The summed E-state index contributed by atoms with van der Waals surface area (Å²) in [5.41, 5.74) is 0.150. The number of benzene rings is 1. The van der Waals surface area contributed by atoms with Crippen molar-refractivity contribution in [3.05, 3.63) is 30.3 Å². The maximum atomic E-state index is 11.8. The second-order valence-electron chi connectivity index (χ2n) is 5.42. The molecule has 0 spiro atoms. The van der Waals surface area contributed by atoms with Gasteiger partial charge >= 0.3 is 6.03 Å². The van der Waals surface area contributed by atoms with Crippen LogP contribution in [-0.2, 0) is 10.0 Å². The fourth-order valence-corrected chi connectivity index (χ4v) is 2.39. The highest BCUT2D eigenvalue weighted by molar-refractivity contribution is 7.92. The molecule has 1 aromatic carbocycles. The smallest absolute Gasteiger partial charge is 0.315 e. The molecule has 112 valence electrons. The average Bonchev–Trinajstić information content (AvgIpc) is 2.26. The number of sulfonamides is 1. The van der Waals surface area contributed by atoms with Gasteiger partial charge in [-0.05, 0) is 32.9 Å². The van der Waals surface area contributed by atoms with Gasteiger partial charge in [-0.1, -0.05) is 18.2 Å². The molecule has 0 fully saturated rings. The molecule has 7 heteroatoms. The highest BCUT2D eigenvalue weighted by Crippen LogP contribution is 2.07. The van der Waals surface area contributed by atoms with Crippen LogP contribution in [0.4, 0.5) is 10.5 Å². The summed E-state index contributed by atoms with van der Waals surface area (Å²) in [6, 6.07) is 8.23. The van der Waals surface area contributed by atoms with Crippen molar-refractivity contribution in [3.63, 3.8) is 0 Å². The summed E-state index contributed by atoms with van der Waals surface area (Å²) in [4.78, 5) is 11.5. The van der Waals surface area contributed by atoms with Gasteiger partial charge in [-0.2, -0.15) is 0 Å². The summed E-state index contributed by atoms with van der Waals surface area (Å²) >= 11 is 0. The zero-order chi connectivity index (χ0) is 15.2. The van der Waals surface area contributed by atoms with Gasteiger partial charge in [0.05, 0.1) is 5.75 Å². The normalized spacial score (nSPS) is 11.8. The van der Waals surface area contributed by atoms with Gasteiger partial charge in [0, 0.05) is 17.8 Å². The van der Waals surface area contributed by atoms with Gasteiger partial charge in [0.25, 0.3) is 0 Å². The number of rotatable bonds is 5. The van der Waals surface area contributed by atoms with Crippen LogP contribution < -0.4 is 15.4 Å². The number of anilines is 1. The number of hydrogen-bond donors (Lipinski definition) is 3. The van der Waals surface area contributed by atoms with E-state index in [-0.39, 0.29) is 23.9 Å². The van der Waals surface area contributed by atoms with Crippen LogP contribution in [0.15, 0.2) is 30.3 Å². The Morgan fingerprint density at radius 2 is 1.75 bits per heavy atom. The van der Waals surface area contributed by atoms with E-state index in [0.717, 1.165) is 0 Å². The third-order valence-electron chi connectivity index (χ3n) is 2.19. The summed E-state index contributed by atoms with van der Waals surface area (Å²) < 4.78 is 26.0. The Labute approximate surface area is 120 Å². The van der Waals surface area contributed by atoms with Crippen LogP contribution in [0.2, 0.25) is 0 Å². The highest BCUT2D eigenvalue weighted by Gasteiger charge is 2.15. The van der Waals surface area contributed by atoms with Crippen molar-refractivity contribution in [2.45, 2.75) is 26.3 Å². The SMILES string of the molecule is CC(C)(C)NC(=O)NCCS(=O)(=O)Nc1ccccc1. The number of amides is 2. The van der Waals surface area contributed by atoms with Crippen molar-refractivity contribution in [1.29, 1.82) is 0 Å². The maximum absolute atomic E-state index is 11.8. The summed E-state index contributed by atoms with van der Waals surface area (Å²) in [5.74, 6) is -0.181. The van der Waals surface area contributed by atoms with Gasteiger partial charge in [-0.25, -0.2) is 13.2 Å². The van der Waals surface area contributed by atoms with E-state index in [1.807, 2.05) is 20.8 Å². The van der Waals surface area contributed by atoms with Crippen LogP contribution in [0.5, 0.6) is 0 Å². The van der Waals surface area contributed by atoms with E-state index in [2.05, 4.69) is 15.4 Å². The first-order valence-electron chi connectivity index (χ1n) is 6.29. The van der Waals surface area contributed by atoms with Crippen molar-refractivity contribution >= 4 is 21.7 Å². The number of urea groups is 1. The van der Waals surface area contributed by atoms with Crippen LogP contribution in [0.25, 0.3) is 0 Å². The second-order valence-corrected chi connectivity index (χ2v) is 7.26. The first kappa shape index (κ1) is 16.3. The molecule has 1 aromatic rings. The van der Waals surface area contributed by atoms with Gasteiger partial charge in [-0.15, -0.1) is 0 Å². The van der Waals surface area contributed by atoms with Crippen molar-refractivity contribution in [2.75, 3.05) is 17.0 Å². The number of carbonyl (C=O) groups is 1. The fourth-order valence-electron chi connectivity index (χ4n) is 1.42. The van der Waals surface area contributed by atoms with Crippen molar-refractivity contribution in [2.24, 2.45) is 0 Å². The first-order valence-corrected chi connectivity index (χ1v) is 7.95. The molecule has 20 heavy (non-hydrogen) atoms. The number of nitrogens with one attached hydrogen (secondary N) is 3. The number of carbonyl (C=O) groups excluding carboxylic acids is 1. The van der Waals surface area contributed by atoms with E-state index in [1.54, 1.807) is 30.3 Å². The summed E-state index contributed by atoms with van der Waals surface area (Å²) in [6.45, 7) is 5.59. The fraction of sp³-hybridized carbons (Fsp3) is 0.462. The standard InChI is InChI=1S/C13H21N3O3S/c1-13(2,3)15-12(17)14-9-10-20(18,19)16-11-7-5-4-6-8-11/h4-8,16H,9-10H2,1-3H3,(H2,14,15,17). The molecule has 3 N–H and O–H groups in total. The molecular formula is C13H21N3O3S. The van der Waals surface area contributed by atoms with Gasteiger partial charge in [0.1, 0.15) is 0 Å². The van der Waals surface area contributed by atoms with Crippen molar-refractivity contribution in [1.82, 2.24) is 10.6 Å². The Hall–Kier alpha value is -1.76. The van der Waals surface area contributed by atoms with E-state index in [0.29, 0.717) is 5.69 Å². The van der Waals surface area contributed by atoms with Crippen LogP contribution in [-0.4, -0.2) is 32.3 Å². The topological polar surface area (TPSA) is 87.3 Å². The summed E-state index contributed by atoms with van der Waals surface area (Å²) in [6.07, 6.45) is 0. The largest absolute Gasteiger partial charge is 0.337 e. The molecule has 0 radical (unpaired) electrons. The molecule has 0 saturated carbocycles. The minimum atomic E-state index is -3.47. The van der Waals surface area contributed by atoms with E-state index in [9.17, 15) is 13.2 Å². The van der Waals surface area contributed by atoms with E-state index in [1.165, 1.54) is 0 Å². The Morgan fingerprint density at radius 1 is 1.15 bits per heavy atom. The molecule has 0 unspecified atom stereocenters. The lowest BCUT2D eigenvalue weighted by molar-refractivity contribution is 0.232. The minimum Gasteiger partial charge on any atom is -0.337 e. The lowest BCUT2D eigenvalue weighted by Crippen LogP contribution is -2.47. The van der Waals surface area contributed by atoms with Crippen LogP contribution in [0.1, 0.15) is 20.8 Å². The molecular weight excluding hydrogens is 278 g/mol. The molecule has 0 aliphatic heterocycles. The van der Waals surface area contributed by atoms with Gasteiger partial charge in [0.15, 0.2) is 0 Å². The lowest BCUT2D eigenvalue weighted by atomic mass is 10.1. The molecule has 0 atom stereocenters. The molecule has 0 aromatic heterocycles. The molecule has 0 aliphatic carbocycles. The molecule has 0 heterocycles. The molecule has 6 nitrogen and oxygen atoms in total. The average molecular weight is 299 g/mol. The first-order chi connectivity index (χ1) is 9.18. The monoisotopic (exact) mass is 299 g/mol. The third-order valence-corrected chi connectivity index (χ3v) is 3.48. The number of hydrogen-bond acceptors (Lipinski definition) is 3. The molecule has 2 amide bonds. The maximum Gasteiger partial charge on any atom is 0.315 e. The van der Waals surface area contributed by atoms with Crippen LogP contribution in [0.3, 0.4) is 0 Å². The van der Waals surface area contributed by atoms with Crippen LogP contribution >= 0.6 is 0 Å². The van der Waals surface area contributed by atoms with Crippen molar-refractivity contribution in [3.8, 4) is 0 Å². The van der Waals surface area contributed by atoms with E-state index in [4.69, 9.17) is 0 Å². The van der Waals surface area contributed by atoms with Gasteiger partial charge < -0.3 is 10.6 Å².